The molecule has 0 fully saturated rings. The number of ketones is 1. The number of nitrogens with zero attached hydrogens (tertiary/aromatic N) is 2. The van der Waals surface area contributed by atoms with E-state index in [4.69, 9.17) is 0 Å². The fourth-order valence-electron chi connectivity index (χ4n) is 2.74. The van der Waals surface area contributed by atoms with Gasteiger partial charge in [-0.3, -0.25) is 19.9 Å². The lowest BCUT2D eigenvalue weighted by Crippen LogP contribution is -2.08. The first-order valence-electron chi connectivity index (χ1n) is 6.45. The number of nitro benzene ring substituents is 1. The van der Waals surface area contributed by atoms with E-state index in [1.807, 2.05) is 6.07 Å². The van der Waals surface area contributed by atoms with Gasteiger partial charge in [-0.25, -0.2) is 0 Å². The first kappa shape index (κ1) is 13.9. The second-order valence-electron chi connectivity index (χ2n) is 5.00. The van der Waals surface area contributed by atoms with E-state index in [1.165, 1.54) is 0 Å². The van der Waals surface area contributed by atoms with Crippen LogP contribution in [0.3, 0.4) is 0 Å². The van der Waals surface area contributed by atoms with Crippen molar-refractivity contribution in [3.05, 3.63) is 66.9 Å². The highest BCUT2D eigenvalue weighted by Gasteiger charge is 2.29. The van der Waals surface area contributed by atoms with Crippen molar-refractivity contribution in [3.63, 3.8) is 0 Å². The molecule has 1 aliphatic rings. The minimum Gasteiger partial charge on any atom is -0.287 e. The minimum atomic E-state index is -0.402. The van der Waals surface area contributed by atoms with Crippen molar-refractivity contribution in [1.82, 2.24) is 4.98 Å². The van der Waals surface area contributed by atoms with Gasteiger partial charge in [-0.2, -0.15) is 0 Å². The molecule has 0 amide bonds. The summed E-state index contributed by atoms with van der Waals surface area (Å²) in [6.45, 7) is 1.69. The molecule has 1 aromatic carbocycles. The summed E-state index contributed by atoms with van der Waals surface area (Å²) < 4.78 is 0.797. The maximum atomic E-state index is 12.6. The number of halogens is 1. The number of hydrogen-bond donors (Lipinski definition) is 0. The quantitative estimate of drug-likeness (QED) is 0.586. The standard InChI is InChI=1S/C15H11BrN2O3/c1-8-2-4-12-11(14(8)18(20)21)5-3-9-6-10(16)7-17-13(9)15(12)19/h2,4,6-7H,3,5H2,1H3. The number of nitro groups is 1. The van der Waals surface area contributed by atoms with Crippen molar-refractivity contribution < 1.29 is 9.72 Å². The summed E-state index contributed by atoms with van der Waals surface area (Å²) >= 11 is 3.34. The van der Waals surface area contributed by atoms with E-state index in [9.17, 15) is 14.9 Å². The molecule has 0 saturated carbocycles. The van der Waals surface area contributed by atoms with Gasteiger partial charge in [-0.05, 0) is 53.4 Å². The largest absolute Gasteiger partial charge is 0.287 e. The van der Waals surface area contributed by atoms with Crippen LogP contribution in [0.5, 0.6) is 0 Å². The lowest BCUT2D eigenvalue weighted by atomic mass is 9.97. The summed E-state index contributed by atoms with van der Waals surface area (Å²) in [7, 11) is 0. The third kappa shape index (κ3) is 2.25. The summed E-state index contributed by atoms with van der Waals surface area (Å²) in [5, 5.41) is 11.3. The third-order valence-corrected chi connectivity index (χ3v) is 4.14. The van der Waals surface area contributed by atoms with Crippen molar-refractivity contribution in [2.45, 2.75) is 19.8 Å². The van der Waals surface area contributed by atoms with Crippen molar-refractivity contribution in [2.75, 3.05) is 0 Å². The van der Waals surface area contributed by atoms with E-state index in [-0.39, 0.29) is 11.5 Å². The van der Waals surface area contributed by atoms with Crippen LogP contribution in [0, 0.1) is 17.0 Å². The van der Waals surface area contributed by atoms with E-state index >= 15 is 0 Å². The Labute approximate surface area is 129 Å². The highest BCUT2D eigenvalue weighted by molar-refractivity contribution is 9.10. The topological polar surface area (TPSA) is 73.1 Å². The van der Waals surface area contributed by atoms with E-state index in [0.717, 1.165) is 10.0 Å². The molecule has 6 heteroatoms. The van der Waals surface area contributed by atoms with Gasteiger partial charge < -0.3 is 0 Å². The van der Waals surface area contributed by atoms with Gasteiger partial charge in [0.2, 0.25) is 5.78 Å². The molecule has 0 saturated heterocycles. The summed E-state index contributed by atoms with van der Waals surface area (Å²) in [4.78, 5) is 27.7. The molecule has 0 unspecified atom stereocenters. The summed E-state index contributed by atoms with van der Waals surface area (Å²) in [5.74, 6) is -0.242. The molecule has 1 aliphatic carbocycles. The number of carbonyl (C=O) groups is 1. The van der Waals surface area contributed by atoms with Gasteiger partial charge in [0.1, 0.15) is 5.69 Å². The molecule has 2 aromatic rings. The molecule has 0 bridgehead atoms. The van der Waals surface area contributed by atoms with Gasteiger partial charge in [-0.1, -0.05) is 6.07 Å². The molecular formula is C15H11BrN2O3. The molecule has 1 heterocycles. The average molecular weight is 347 g/mol. The van der Waals surface area contributed by atoms with Crippen LogP contribution in [-0.4, -0.2) is 15.7 Å². The number of aromatic nitrogens is 1. The number of pyridine rings is 1. The van der Waals surface area contributed by atoms with E-state index in [2.05, 4.69) is 20.9 Å². The SMILES string of the molecule is Cc1ccc2c(c1[N+](=O)[O-])CCc1cc(Br)cnc1C2=O. The molecular weight excluding hydrogens is 336 g/mol. The van der Waals surface area contributed by atoms with E-state index < -0.39 is 4.92 Å². The van der Waals surface area contributed by atoms with Crippen molar-refractivity contribution in [2.24, 2.45) is 0 Å². The van der Waals surface area contributed by atoms with Crippen LogP contribution in [-0.2, 0) is 12.8 Å². The molecule has 0 radical (unpaired) electrons. The second-order valence-corrected chi connectivity index (χ2v) is 5.92. The van der Waals surface area contributed by atoms with Crippen LogP contribution in [0.2, 0.25) is 0 Å². The maximum absolute atomic E-state index is 12.6. The monoisotopic (exact) mass is 346 g/mol. The molecule has 0 aliphatic heterocycles. The molecule has 0 N–H and O–H groups in total. The van der Waals surface area contributed by atoms with E-state index in [0.29, 0.717) is 35.2 Å². The number of rotatable bonds is 1. The number of aryl methyl sites for hydroxylation is 2. The van der Waals surface area contributed by atoms with Gasteiger partial charge in [0.05, 0.1) is 4.92 Å². The van der Waals surface area contributed by atoms with Gasteiger partial charge in [-0.15, -0.1) is 0 Å². The zero-order chi connectivity index (χ0) is 15.1. The number of fused-ring (bicyclic) bond motifs is 2. The molecule has 5 nitrogen and oxygen atoms in total. The minimum absolute atomic E-state index is 0.0488. The molecule has 106 valence electrons. The second kappa shape index (κ2) is 5.04. The Morgan fingerprint density at radius 2 is 2.10 bits per heavy atom. The Bertz CT molecular complexity index is 787. The Kier molecular flexibility index (Phi) is 3.33. The molecule has 0 spiro atoms. The van der Waals surface area contributed by atoms with Gasteiger partial charge in [0.25, 0.3) is 5.69 Å². The Morgan fingerprint density at radius 1 is 1.33 bits per heavy atom. The number of benzene rings is 1. The molecule has 1 aromatic heterocycles. The highest BCUT2D eigenvalue weighted by atomic mass is 79.9. The van der Waals surface area contributed by atoms with Gasteiger partial charge >= 0.3 is 0 Å². The van der Waals surface area contributed by atoms with Crippen LogP contribution in [0.15, 0.2) is 28.9 Å². The zero-order valence-corrected chi connectivity index (χ0v) is 12.8. The Balaban J connectivity index is 2.24. The van der Waals surface area contributed by atoms with Crippen LogP contribution < -0.4 is 0 Å². The lowest BCUT2D eigenvalue weighted by Gasteiger charge is -2.07. The normalized spacial score (nSPS) is 13.3. The predicted molar refractivity (Wildman–Crippen MR) is 80.6 cm³/mol. The maximum Gasteiger partial charge on any atom is 0.276 e. The van der Waals surface area contributed by atoms with Crippen LogP contribution in [0.1, 0.15) is 32.7 Å². The van der Waals surface area contributed by atoms with Crippen molar-refractivity contribution in [3.8, 4) is 0 Å². The fraction of sp³-hybridized carbons (Fsp3) is 0.200. The average Bonchev–Trinajstić information content (AvgIpc) is 2.56. The smallest absolute Gasteiger partial charge is 0.276 e. The number of hydrogen-bond acceptors (Lipinski definition) is 4. The zero-order valence-electron chi connectivity index (χ0n) is 11.2. The third-order valence-electron chi connectivity index (χ3n) is 3.70. The highest BCUT2D eigenvalue weighted by Crippen LogP contribution is 2.32. The summed E-state index contributed by atoms with van der Waals surface area (Å²) in [6, 6.07) is 5.14. The van der Waals surface area contributed by atoms with Gasteiger partial charge in [0.15, 0.2) is 0 Å². The predicted octanol–water partition coefficient (Wildman–Crippen LogP) is 3.39. The number of carbonyl (C=O) groups excluding carboxylic acids is 1. The Hall–Kier alpha value is -2.08. The van der Waals surface area contributed by atoms with E-state index in [1.54, 1.807) is 25.3 Å². The van der Waals surface area contributed by atoms with Crippen LogP contribution >= 0.6 is 15.9 Å². The van der Waals surface area contributed by atoms with Crippen molar-refractivity contribution in [1.29, 1.82) is 0 Å². The summed E-state index contributed by atoms with van der Waals surface area (Å²) in [6.07, 6.45) is 2.60. The van der Waals surface area contributed by atoms with Crippen molar-refractivity contribution >= 4 is 27.4 Å². The first-order chi connectivity index (χ1) is 9.99. The molecule has 3 rings (SSSR count). The molecule has 0 atom stereocenters. The first-order valence-corrected chi connectivity index (χ1v) is 7.24. The molecule has 21 heavy (non-hydrogen) atoms. The lowest BCUT2D eigenvalue weighted by molar-refractivity contribution is -0.386. The van der Waals surface area contributed by atoms with Gasteiger partial charge in [0, 0.05) is 27.4 Å². The van der Waals surface area contributed by atoms with Crippen LogP contribution in [0.25, 0.3) is 0 Å². The fourth-order valence-corrected chi connectivity index (χ4v) is 3.12. The summed E-state index contributed by atoms with van der Waals surface area (Å²) in [5.41, 5.74) is 2.73. The Morgan fingerprint density at radius 3 is 2.81 bits per heavy atom. The van der Waals surface area contributed by atoms with Crippen LogP contribution in [0.4, 0.5) is 5.69 Å².